The lowest BCUT2D eigenvalue weighted by Gasteiger charge is -2.05. The number of hydrogen-bond acceptors (Lipinski definition) is 2. The van der Waals surface area contributed by atoms with E-state index in [4.69, 9.17) is 11.6 Å². The summed E-state index contributed by atoms with van der Waals surface area (Å²) in [6, 6.07) is 0. The van der Waals surface area contributed by atoms with Crippen LogP contribution in [-0.4, -0.2) is 14.8 Å². The summed E-state index contributed by atoms with van der Waals surface area (Å²) in [6.07, 6.45) is 9.75. The number of aryl methyl sites for hydroxylation is 1. The van der Waals surface area contributed by atoms with Crippen molar-refractivity contribution in [1.82, 2.24) is 9.38 Å². The second-order valence-electron chi connectivity index (χ2n) is 4.10. The molecule has 2 rings (SSSR count). The third-order valence-corrected chi connectivity index (χ3v) is 3.90. The number of imidazole rings is 1. The number of thiazole rings is 1. The van der Waals surface area contributed by atoms with Crippen molar-refractivity contribution in [2.75, 3.05) is 0 Å². The summed E-state index contributed by atoms with van der Waals surface area (Å²) >= 11 is 7.86. The molecule has 0 N–H and O–H groups in total. The maximum Gasteiger partial charge on any atom is 0.193 e. The Labute approximate surface area is 105 Å². The van der Waals surface area contributed by atoms with Gasteiger partial charge in [-0.05, 0) is 25.7 Å². The molecule has 0 aliphatic rings. The molecule has 0 saturated heterocycles. The highest BCUT2D eigenvalue weighted by Crippen LogP contribution is 2.16. The molecular formula is C12H17ClN2S. The summed E-state index contributed by atoms with van der Waals surface area (Å²) in [6.45, 7) is 2.18. The smallest absolute Gasteiger partial charge is 0.193 e. The van der Waals surface area contributed by atoms with E-state index in [1.807, 2.05) is 0 Å². The van der Waals surface area contributed by atoms with Crippen LogP contribution in [0.25, 0.3) is 4.96 Å². The summed E-state index contributed by atoms with van der Waals surface area (Å²) in [7, 11) is 0. The number of aromatic nitrogens is 2. The van der Waals surface area contributed by atoms with Gasteiger partial charge in [0.25, 0.3) is 0 Å². The van der Waals surface area contributed by atoms with E-state index in [9.17, 15) is 0 Å². The highest BCUT2D eigenvalue weighted by atomic mass is 35.5. The third kappa shape index (κ3) is 2.98. The van der Waals surface area contributed by atoms with Crippen molar-refractivity contribution < 1.29 is 0 Å². The molecule has 0 spiro atoms. The monoisotopic (exact) mass is 256 g/mol. The standard InChI is InChI=1S/C12H17ClN2S/c1-2-4-10(13)5-3-6-11-9-15-7-8-16-12(15)14-11/h7-10H,2-6H2,1H3. The predicted octanol–water partition coefficient (Wildman–Crippen LogP) is 4.13. The van der Waals surface area contributed by atoms with Gasteiger partial charge in [0.2, 0.25) is 0 Å². The molecule has 88 valence electrons. The Balaban J connectivity index is 1.80. The molecule has 0 radical (unpaired) electrons. The van der Waals surface area contributed by atoms with Crippen LogP contribution >= 0.6 is 22.9 Å². The fraction of sp³-hybridized carbons (Fsp3) is 0.583. The van der Waals surface area contributed by atoms with Crippen LogP contribution in [0.15, 0.2) is 17.8 Å². The molecule has 0 saturated carbocycles. The molecule has 2 heterocycles. The lowest BCUT2D eigenvalue weighted by Crippen LogP contribution is -1.98. The Hall–Kier alpha value is -0.540. The lowest BCUT2D eigenvalue weighted by molar-refractivity contribution is 0.637. The van der Waals surface area contributed by atoms with Gasteiger partial charge in [0.05, 0.1) is 5.69 Å². The van der Waals surface area contributed by atoms with Crippen LogP contribution in [0.1, 0.15) is 38.3 Å². The molecule has 2 nitrogen and oxygen atoms in total. The lowest BCUT2D eigenvalue weighted by atomic mass is 10.1. The van der Waals surface area contributed by atoms with E-state index in [0.29, 0.717) is 5.38 Å². The Morgan fingerprint density at radius 3 is 3.12 bits per heavy atom. The zero-order chi connectivity index (χ0) is 11.4. The number of nitrogens with zero attached hydrogens (tertiary/aromatic N) is 2. The molecule has 1 atom stereocenters. The molecule has 0 aliphatic carbocycles. The van der Waals surface area contributed by atoms with E-state index in [-0.39, 0.29) is 0 Å². The van der Waals surface area contributed by atoms with E-state index in [0.717, 1.165) is 30.6 Å². The maximum absolute atomic E-state index is 6.18. The van der Waals surface area contributed by atoms with E-state index >= 15 is 0 Å². The van der Waals surface area contributed by atoms with Gasteiger partial charge in [-0.1, -0.05) is 13.3 Å². The van der Waals surface area contributed by atoms with Crippen LogP contribution in [0.3, 0.4) is 0 Å². The summed E-state index contributed by atoms with van der Waals surface area (Å²) in [5.41, 5.74) is 1.19. The zero-order valence-electron chi connectivity index (χ0n) is 9.53. The Morgan fingerprint density at radius 1 is 1.50 bits per heavy atom. The molecular weight excluding hydrogens is 240 g/mol. The highest BCUT2D eigenvalue weighted by Gasteiger charge is 2.05. The van der Waals surface area contributed by atoms with Gasteiger partial charge < -0.3 is 0 Å². The van der Waals surface area contributed by atoms with Gasteiger partial charge in [0.1, 0.15) is 0 Å². The molecule has 2 aromatic heterocycles. The molecule has 4 heteroatoms. The van der Waals surface area contributed by atoms with Crippen molar-refractivity contribution in [1.29, 1.82) is 0 Å². The summed E-state index contributed by atoms with van der Waals surface area (Å²) < 4.78 is 2.09. The second-order valence-corrected chi connectivity index (χ2v) is 5.59. The van der Waals surface area contributed by atoms with Gasteiger partial charge in [-0.25, -0.2) is 4.98 Å². The van der Waals surface area contributed by atoms with Gasteiger partial charge in [0.15, 0.2) is 4.96 Å². The molecule has 16 heavy (non-hydrogen) atoms. The zero-order valence-corrected chi connectivity index (χ0v) is 11.1. The Kier molecular flexibility index (Phi) is 4.24. The highest BCUT2D eigenvalue weighted by molar-refractivity contribution is 7.15. The van der Waals surface area contributed by atoms with Crippen molar-refractivity contribution in [3.8, 4) is 0 Å². The molecule has 0 amide bonds. The van der Waals surface area contributed by atoms with Crippen LogP contribution in [0, 0.1) is 0 Å². The largest absolute Gasteiger partial charge is 0.297 e. The Bertz CT molecular complexity index is 406. The Morgan fingerprint density at radius 2 is 2.38 bits per heavy atom. The number of alkyl halides is 1. The first-order valence-corrected chi connectivity index (χ1v) is 7.16. The topological polar surface area (TPSA) is 17.3 Å². The minimum absolute atomic E-state index is 0.341. The van der Waals surface area contributed by atoms with E-state index < -0.39 is 0 Å². The summed E-state index contributed by atoms with van der Waals surface area (Å²) in [5.74, 6) is 0. The molecule has 0 fully saturated rings. The SMILES string of the molecule is CCCC(Cl)CCCc1cn2ccsc2n1. The fourth-order valence-corrected chi connectivity index (χ4v) is 2.95. The number of halogens is 1. The van der Waals surface area contributed by atoms with Crippen molar-refractivity contribution in [3.05, 3.63) is 23.5 Å². The van der Waals surface area contributed by atoms with Crippen LogP contribution in [-0.2, 0) is 6.42 Å². The first kappa shape index (κ1) is 11.9. The fourth-order valence-electron chi connectivity index (χ4n) is 1.86. The molecule has 0 bridgehead atoms. The van der Waals surface area contributed by atoms with Crippen LogP contribution in [0.5, 0.6) is 0 Å². The number of fused-ring (bicyclic) bond motifs is 1. The van der Waals surface area contributed by atoms with Crippen molar-refractivity contribution in [3.63, 3.8) is 0 Å². The van der Waals surface area contributed by atoms with E-state index in [2.05, 4.69) is 34.1 Å². The van der Waals surface area contributed by atoms with Crippen molar-refractivity contribution >= 4 is 27.9 Å². The minimum atomic E-state index is 0.341. The van der Waals surface area contributed by atoms with Gasteiger partial charge in [0, 0.05) is 23.2 Å². The van der Waals surface area contributed by atoms with E-state index in [1.54, 1.807) is 11.3 Å². The summed E-state index contributed by atoms with van der Waals surface area (Å²) in [5, 5.41) is 2.40. The molecule has 0 aliphatic heterocycles. The van der Waals surface area contributed by atoms with Crippen LogP contribution < -0.4 is 0 Å². The van der Waals surface area contributed by atoms with Crippen LogP contribution in [0.2, 0.25) is 0 Å². The quantitative estimate of drug-likeness (QED) is 0.711. The van der Waals surface area contributed by atoms with Crippen LogP contribution in [0.4, 0.5) is 0 Å². The van der Waals surface area contributed by atoms with Crippen molar-refractivity contribution in [2.24, 2.45) is 0 Å². The normalized spacial score (nSPS) is 13.4. The van der Waals surface area contributed by atoms with E-state index in [1.165, 1.54) is 12.1 Å². The van der Waals surface area contributed by atoms with Gasteiger partial charge in [-0.3, -0.25) is 4.40 Å². The average Bonchev–Trinajstić information content (AvgIpc) is 2.78. The van der Waals surface area contributed by atoms with Gasteiger partial charge in [-0.2, -0.15) is 0 Å². The molecule has 2 aromatic rings. The summed E-state index contributed by atoms with van der Waals surface area (Å²) in [4.78, 5) is 5.64. The third-order valence-electron chi connectivity index (χ3n) is 2.70. The predicted molar refractivity (Wildman–Crippen MR) is 70.6 cm³/mol. The van der Waals surface area contributed by atoms with Gasteiger partial charge >= 0.3 is 0 Å². The molecule has 1 unspecified atom stereocenters. The minimum Gasteiger partial charge on any atom is -0.297 e. The van der Waals surface area contributed by atoms with Gasteiger partial charge in [-0.15, -0.1) is 22.9 Å². The average molecular weight is 257 g/mol. The number of hydrogen-bond donors (Lipinski definition) is 0. The second kappa shape index (κ2) is 5.69. The maximum atomic E-state index is 6.18. The first-order valence-electron chi connectivity index (χ1n) is 5.84. The number of rotatable bonds is 6. The first-order chi connectivity index (χ1) is 7.79. The van der Waals surface area contributed by atoms with Crippen molar-refractivity contribution in [2.45, 2.75) is 44.4 Å². The molecule has 0 aromatic carbocycles.